The molecule has 0 radical (unpaired) electrons. The Labute approximate surface area is 113 Å². The van der Waals surface area contributed by atoms with Crippen LogP contribution in [0.25, 0.3) is 0 Å². The molecule has 0 N–H and O–H groups in total. The minimum absolute atomic E-state index is 0.308. The lowest BCUT2D eigenvalue weighted by atomic mass is 10.3. The summed E-state index contributed by atoms with van der Waals surface area (Å²) in [5.74, 6) is 0.308. The lowest BCUT2D eigenvalue weighted by Crippen LogP contribution is -1.77. The van der Waals surface area contributed by atoms with E-state index in [1.165, 1.54) is 11.8 Å². The van der Waals surface area contributed by atoms with Crippen molar-refractivity contribution in [1.82, 2.24) is 0 Å². The Morgan fingerprint density at radius 1 is 1.35 bits per heavy atom. The number of hydrogen-bond acceptors (Lipinski definition) is 3. The van der Waals surface area contributed by atoms with Gasteiger partial charge in [-0.2, -0.15) is 0 Å². The molecule has 0 amide bonds. The zero-order valence-corrected chi connectivity index (χ0v) is 11.2. The lowest BCUT2D eigenvalue weighted by molar-refractivity contribution is 0.109. The third-order valence-electron chi connectivity index (χ3n) is 2.13. The van der Waals surface area contributed by atoms with Gasteiger partial charge in [-0.05, 0) is 25.1 Å². The first-order valence-corrected chi connectivity index (χ1v) is 6.36. The molecule has 0 fully saturated rings. The lowest BCUT2D eigenvalue weighted by Gasteiger charge is -2.03. The Balaban J connectivity index is 2.34. The number of benzene rings is 1. The van der Waals surface area contributed by atoms with E-state index in [0.29, 0.717) is 27.2 Å². The summed E-state index contributed by atoms with van der Waals surface area (Å²) in [6.45, 7) is 1.87. The number of halogens is 2. The van der Waals surface area contributed by atoms with Crippen LogP contribution in [0.3, 0.4) is 0 Å². The number of carbonyl (C=O) groups is 1. The summed E-state index contributed by atoms with van der Waals surface area (Å²) in [5, 5.41) is 1.63. The van der Waals surface area contributed by atoms with Crippen LogP contribution in [0.2, 0.25) is 10.0 Å². The normalized spacial score (nSPS) is 10.5. The van der Waals surface area contributed by atoms with Crippen molar-refractivity contribution >= 4 is 41.2 Å². The molecule has 0 aliphatic rings. The largest absolute Gasteiger partial charge is 0.446 e. The Kier molecular flexibility index (Phi) is 3.82. The van der Waals surface area contributed by atoms with E-state index in [2.05, 4.69) is 0 Å². The molecule has 0 atom stereocenters. The van der Waals surface area contributed by atoms with Gasteiger partial charge in [-0.1, -0.05) is 41.0 Å². The van der Waals surface area contributed by atoms with E-state index in [9.17, 15) is 4.79 Å². The molecule has 0 bridgehead atoms. The second kappa shape index (κ2) is 5.17. The maximum atomic E-state index is 10.6. The number of aryl methyl sites for hydroxylation is 1. The van der Waals surface area contributed by atoms with E-state index in [4.69, 9.17) is 27.6 Å². The van der Waals surface area contributed by atoms with E-state index in [-0.39, 0.29) is 0 Å². The van der Waals surface area contributed by atoms with Gasteiger partial charge in [0.25, 0.3) is 0 Å². The molecule has 17 heavy (non-hydrogen) atoms. The maximum absolute atomic E-state index is 10.6. The first kappa shape index (κ1) is 12.6. The van der Waals surface area contributed by atoms with Gasteiger partial charge in [0.1, 0.15) is 0 Å². The van der Waals surface area contributed by atoms with Crippen molar-refractivity contribution in [2.45, 2.75) is 16.9 Å². The molecule has 0 saturated carbocycles. The van der Waals surface area contributed by atoms with Crippen LogP contribution in [-0.4, -0.2) is 6.29 Å². The highest BCUT2D eigenvalue weighted by atomic mass is 35.5. The van der Waals surface area contributed by atoms with Gasteiger partial charge in [0.15, 0.2) is 17.1 Å². The standard InChI is InChI=1S/C12H8Cl2O2S/c1-7-5-8(6-15)16-12(7)17-10-4-2-3-9(13)11(10)14/h2-6H,1H3. The van der Waals surface area contributed by atoms with Crippen molar-refractivity contribution in [3.05, 3.63) is 45.6 Å². The molecule has 1 heterocycles. The van der Waals surface area contributed by atoms with Gasteiger partial charge in [-0.15, -0.1) is 0 Å². The molecule has 88 valence electrons. The summed E-state index contributed by atoms with van der Waals surface area (Å²) in [5.41, 5.74) is 0.896. The Morgan fingerprint density at radius 3 is 2.76 bits per heavy atom. The van der Waals surface area contributed by atoms with Crippen LogP contribution in [0, 0.1) is 6.92 Å². The molecule has 2 aromatic rings. The summed E-state index contributed by atoms with van der Waals surface area (Å²) < 4.78 is 5.36. The predicted molar refractivity (Wildman–Crippen MR) is 69.4 cm³/mol. The van der Waals surface area contributed by atoms with Gasteiger partial charge in [0.2, 0.25) is 0 Å². The number of carbonyl (C=O) groups excluding carboxylic acids is 1. The summed E-state index contributed by atoms with van der Waals surface area (Å²) in [7, 11) is 0. The van der Waals surface area contributed by atoms with Crippen LogP contribution in [-0.2, 0) is 0 Å². The smallest absolute Gasteiger partial charge is 0.185 e. The Bertz CT molecular complexity index is 564. The van der Waals surface area contributed by atoms with Crippen molar-refractivity contribution < 1.29 is 9.21 Å². The molecule has 1 aromatic carbocycles. The Morgan fingerprint density at radius 2 is 2.12 bits per heavy atom. The molecule has 0 unspecified atom stereocenters. The molecule has 0 aliphatic heterocycles. The summed E-state index contributed by atoms with van der Waals surface area (Å²) in [4.78, 5) is 11.4. The minimum atomic E-state index is 0.308. The molecule has 0 spiro atoms. The average molecular weight is 287 g/mol. The Hall–Kier alpha value is -0.900. The van der Waals surface area contributed by atoms with Crippen LogP contribution in [0.5, 0.6) is 0 Å². The molecule has 0 aliphatic carbocycles. The highest BCUT2D eigenvalue weighted by Crippen LogP contribution is 2.38. The van der Waals surface area contributed by atoms with Crippen molar-refractivity contribution in [1.29, 1.82) is 0 Å². The van der Waals surface area contributed by atoms with Crippen LogP contribution < -0.4 is 0 Å². The molecular formula is C12H8Cl2O2S. The zero-order valence-electron chi connectivity index (χ0n) is 8.87. The monoisotopic (exact) mass is 286 g/mol. The fourth-order valence-electron chi connectivity index (χ4n) is 1.31. The van der Waals surface area contributed by atoms with Gasteiger partial charge in [0, 0.05) is 10.5 Å². The molecule has 1 aromatic heterocycles. The van der Waals surface area contributed by atoms with Gasteiger partial charge < -0.3 is 4.42 Å². The van der Waals surface area contributed by atoms with E-state index >= 15 is 0 Å². The molecule has 5 heteroatoms. The van der Waals surface area contributed by atoms with Crippen LogP contribution >= 0.6 is 35.0 Å². The summed E-state index contributed by atoms with van der Waals surface area (Å²) in [6.07, 6.45) is 0.677. The van der Waals surface area contributed by atoms with Crippen LogP contribution in [0.4, 0.5) is 0 Å². The number of furan rings is 1. The second-order valence-corrected chi connectivity index (χ2v) is 5.19. The highest BCUT2D eigenvalue weighted by molar-refractivity contribution is 7.99. The van der Waals surface area contributed by atoms with Crippen molar-refractivity contribution in [2.75, 3.05) is 0 Å². The third-order valence-corrected chi connectivity index (χ3v) is 4.21. The number of rotatable bonds is 3. The van der Waals surface area contributed by atoms with Crippen LogP contribution in [0.1, 0.15) is 16.1 Å². The minimum Gasteiger partial charge on any atom is -0.446 e. The highest BCUT2D eigenvalue weighted by Gasteiger charge is 2.12. The van der Waals surface area contributed by atoms with Crippen molar-refractivity contribution in [3.63, 3.8) is 0 Å². The van der Waals surface area contributed by atoms with Crippen LogP contribution in [0.15, 0.2) is 38.7 Å². The summed E-state index contributed by atoms with van der Waals surface area (Å²) >= 11 is 13.3. The second-order valence-electron chi connectivity index (χ2n) is 3.39. The quantitative estimate of drug-likeness (QED) is 0.755. The topological polar surface area (TPSA) is 30.2 Å². The number of aldehydes is 1. The number of hydrogen-bond donors (Lipinski definition) is 0. The van der Waals surface area contributed by atoms with Gasteiger partial charge >= 0.3 is 0 Å². The first-order chi connectivity index (χ1) is 8.11. The summed E-state index contributed by atoms with van der Waals surface area (Å²) in [6, 6.07) is 7.07. The van der Waals surface area contributed by atoms with Gasteiger partial charge in [-0.25, -0.2) is 0 Å². The predicted octanol–water partition coefficient (Wildman–Crippen LogP) is 4.86. The van der Waals surface area contributed by atoms with Gasteiger partial charge in [-0.3, -0.25) is 4.79 Å². The fourth-order valence-corrected chi connectivity index (χ4v) is 2.69. The van der Waals surface area contributed by atoms with Crippen molar-refractivity contribution in [3.8, 4) is 0 Å². The first-order valence-electron chi connectivity index (χ1n) is 4.79. The molecule has 0 saturated heterocycles. The zero-order chi connectivity index (χ0) is 12.4. The molecule has 2 rings (SSSR count). The van der Waals surface area contributed by atoms with Crippen molar-refractivity contribution in [2.24, 2.45) is 0 Å². The van der Waals surface area contributed by atoms with Gasteiger partial charge in [0.05, 0.1) is 10.0 Å². The van der Waals surface area contributed by atoms with E-state index in [0.717, 1.165) is 10.5 Å². The SMILES string of the molecule is Cc1cc(C=O)oc1Sc1cccc(Cl)c1Cl. The van der Waals surface area contributed by atoms with E-state index in [1.807, 2.05) is 19.1 Å². The third kappa shape index (κ3) is 2.68. The average Bonchev–Trinajstić information content (AvgIpc) is 2.66. The maximum Gasteiger partial charge on any atom is 0.185 e. The fraction of sp³-hybridized carbons (Fsp3) is 0.0833. The molecular weight excluding hydrogens is 279 g/mol. The van der Waals surface area contributed by atoms with E-state index in [1.54, 1.807) is 12.1 Å². The molecule has 2 nitrogen and oxygen atoms in total. The van der Waals surface area contributed by atoms with E-state index < -0.39 is 0 Å².